The maximum absolute atomic E-state index is 7.12. The number of hydrogen-bond donors (Lipinski definition) is 4. The number of amidine groups is 1. The highest BCUT2D eigenvalue weighted by Crippen LogP contribution is 2.15. The Kier molecular flexibility index (Phi) is 4.65. The van der Waals surface area contributed by atoms with E-state index < -0.39 is 0 Å². The van der Waals surface area contributed by atoms with E-state index in [1.807, 2.05) is 12.1 Å². The summed E-state index contributed by atoms with van der Waals surface area (Å²) < 4.78 is 0. The topological polar surface area (TPSA) is 75.9 Å². The van der Waals surface area contributed by atoms with Crippen molar-refractivity contribution >= 4 is 18.5 Å². The molecule has 0 amide bonds. The van der Waals surface area contributed by atoms with Crippen molar-refractivity contribution < 1.29 is 0 Å². The van der Waals surface area contributed by atoms with E-state index in [9.17, 15) is 0 Å². The lowest BCUT2D eigenvalue weighted by Gasteiger charge is -2.05. The van der Waals surface area contributed by atoms with Crippen LogP contribution in [0.4, 0.5) is 0 Å². The van der Waals surface area contributed by atoms with Gasteiger partial charge in [0, 0.05) is 17.9 Å². The van der Waals surface area contributed by atoms with Gasteiger partial charge in [-0.15, -0.1) is 12.6 Å². The van der Waals surface area contributed by atoms with Crippen molar-refractivity contribution in [1.82, 2.24) is 0 Å². The maximum Gasteiger partial charge on any atom is 0.0905 e. The van der Waals surface area contributed by atoms with E-state index in [0.717, 1.165) is 23.3 Å². The number of nitrogens with two attached hydrogens (primary N) is 2. The molecule has 3 nitrogen and oxygen atoms in total. The lowest BCUT2D eigenvalue weighted by molar-refractivity contribution is 0.851. The predicted molar refractivity (Wildman–Crippen MR) is 66.4 cm³/mol. The minimum Gasteiger partial charge on any atom is -0.388 e. The van der Waals surface area contributed by atoms with Gasteiger partial charge in [-0.1, -0.05) is 6.07 Å². The van der Waals surface area contributed by atoms with Crippen LogP contribution in [0, 0.1) is 5.41 Å². The van der Waals surface area contributed by atoms with Gasteiger partial charge in [-0.25, -0.2) is 0 Å². The Balaban J connectivity index is 2.60. The summed E-state index contributed by atoms with van der Waals surface area (Å²) in [6.07, 6.45) is 2.46. The average molecular weight is 223 g/mol. The molecule has 0 aliphatic rings. The van der Waals surface area contributed by atoms with Gasteiger partial charge < -0.3 is 11.5 Å². The fourth-order valence-corrected chi connectivity index (χ4v) is 1.82. The maximum atomic E-state index is 7.12. The van der Waals surface area contributed by atoms with Gasteiger partial charge in [0.2, 0.25) is 0 Å². The smallest absolute Gasteiger partial charge is 0.0905 e. The Bertz CT molecular complexity index is 350. The van der Waals surface area contributed by atoms with E-state index in [1.54, 1.807) is 0 Å². The van der Waals surface area contributed by atoms with Crippen LogP contribution in [0.25, 0.3) is 0 Å². The second-order valence-electron chi connectivity index (χ2n) is 3.59. The van der Waals surface area contributed by atoms with Crippen LogP contribution in [0.5, 0.6) is 0 Å². The fraction of sp³-hybridized carbons (Fsp3) is 0.364. The molecule has 1 rings (SSSR count). The summed E-state index contributed by atoms with van der Waals surface area (Å²) >= 11 is 4.32. The monoisotopic (exact) mass is 223 g/mol. The van der Waals surface area contributed by atoms with E-state index in [-0.39, 0.29) is 5.84 Å². The van der Waals surface area contributed by atoms with Crippen molar-refractivity contribution in [1.29, 1.82) is 5.41 Å². The molecule has 0 fully saturated rings. The Morgan fingerprint density at radius 2 is 1.93 bits per heavy atom. The summed E-state index contributed by atoms with van der Waals surface area (Å²) in [4.78, 5) is 0.941. The Hall–Kier alpha value is -1.00. The third-order valence-electron chi connectivity index (χ3n) is 2.18. The van der Waals surface area contributed by atoms with E-state index in [2.05, 4.69) is 18.7 Å². The Labute approximate surface area is 95.8 Å². The standard InChI is InChI=1S/C11H17N3S/c12-7-9-4-8(5-10(15)6-9)2-1-3-11(13)14/h4-6,15H,1-3,7,12H2,(H3,13,14). The zero-order chi connectivity index (χ0) is 11.3. The molecule has 0 aliphatic heterocycles. The average Bonchev–Trinajstić information content (AvgIpc) is 2.16. The van der Waals surface area contributed by atoms with Gasteiger partial charge in [-0.05, 0) is 36.1 Å². The minimum absolute atomic E-state index is 0.246. The molecule has 15 heavy (non-hydrogen) atoms. The number of benzene rings is 1. The van der Waals surface area contributed by atoms with Gasteiger partial charge in [0.25, 0.3) is 0 Å². The highest BCUT2D eigenvalue weighted by Gasteiger charge is 1.99. The Morgan fingerprint density at radius 1 is 1.27 bits per heavy atom. The molecular weight excluding hydrogens is 206 g/mol. The first-order chi connectivity index (χ1) is 7.11. The number of aryl methyl sites for hydroxylation is 1. The lowest BCUT2D eigenvalue weighted by atomic mass is 10.0. The van der Waals surface area contributed by atoms with Gasteiger partial charge in [0.1, 0.15) is 0 Å². The molecule has 0 bridgehead atoms. The molecule has 0 aromatic heterocycles. The van der Waals surface area contributed by atoms with Crippen LogP contribution in [0.3, 0.4) is 0 Å². The number of nitrogens with one attached hydrogen (secondary N) is 1. The SMILES string of the molecule is N=C(N)CCCc1cc(S)cc(CN)c1. The van der Waals surface area contributed by atoms with Gasteiger partial charge in [-0.2, -0.15) is 0 Å². The third kappa shape index (κ3) is 4.36. The summed E-state index contributed by atoms with van der Waals surface area (Å²) in [5, 5.41) is 7.12. The van der Waals surface area contributed by atoms with Crippen LogP contribution in [0.1, 0.15) is 24.0 Å². The van der Waals surface area contributed by atoms with Crippen LogP contribution in [-0.4, -0.2) is 5.84 Å². The normalized spacial score (nSPS) is 10.3. The van der Waals surface area contributed by atoms with Crippen molar-refractivity contribution in [2.45, 2.75) is 30.7 Å². The summed E-state index contributed by atoms with van der Waals surface area (Å²) in [5.74, 6) is 0.246. The molecule has 0 spiro atoms. The first-order valence-corrected chi connectivity index (χ1v) is 5.41. The molecule has 1 aromatic rings. The van der Waals surface area contributed by atoms with E-state index >= 15 is 0 Å². The molecule has 82 valence electrons. The number of hydrogen-bond acceptors (Lipinski definition) is 3. The molecule has 0 unspecified atom stereocenters. The van der Waals surface area contributed by atoms with Crippen molar-refractivity contribution in [2.24, 2.45) is 11.5 Å². The summed E-state index contributed by atoms with van der Waals surface area (Å²) in [7, 11) is 0. The van der Waals surface area contributed by atoms with E-state index in [0.29, 0.717) is 13.0 Å². The van der Waals surface area contributed by atoms with Crippen molar-refractivity contribution in [3.05, 3.63) is 29.3 Å². The number of rotatable bonds is 5. The number of thiol groups is 1. The molecular formula is C11H17N3S. The first kappa shape index (κ1) is 12.1. The molecule has 0 heterocycles. The van der Waals surface area contributed by atoms with Gasteiger partial charge in [0.15, 0.2) is 0 Å². The largest absolute Gasteiger partial charge is 0.388 e. The molecule has 0 saturated carbocycles. The summed E-state index contributed by atoms with van der Waals surface area (Å²) in [6, 6.07) is 6.08. The van der Waals surface area contributed by atoms with E-state index in [4.69, 9.17) is 16.9 Å². The highest BCUT2D eigenvalue weighted by molar-refractivity contribution is 7.80. The third-order valence-corrected chi connectivity index (χ3v) is 2.44. The van der Waals surface area contributed by atoms with Crippen molar-refractivity contribution in [3.8, 4) is 0 Å². The molecule has 0 radical (unpaired) electrons. The zero-order valence-corrected chi connectivity index (χ0v) is 9.56. The molecule has 0 saturated heterocycles. The van der Waals surface area contributed by atoms with Crippen LogP contribution in [-0.2, 0) is 13.0 Å². The molecule has 5 N–H and O–H groups in total. The van der Waals surface area contributed by atoms with E-state index in [1.165, 1.54) is 5.56 Å². The van der Waals surface area contributed by atoms with Gasteiger partial charge >= 0.3 is 0 Å². The molecule has 4 heteroatoms. The van der Waals surface area contributed by atoms with Crippen molar-refractivity contribution in [2.75, 3.05) is 0 Å². The minimum atomic E-state index is 0.246. The lowest BCUT2D eigenvalue weighted by Crippen LogP contribution is -2.09. The van der Waals surface area contributed by atoms with Gasteiger partial charge in [0.05, 0.1) is 5.84 Å². The van der Waals surface area contributed by atoms with Crippen LogP contribution in [0.15, 0.2) is 23.1 Å². The van der Waals surface area contributed by atoms with Crippen LogP contribution < -0.4 is 11.5 Å². The molecule has 0 aliphatic carbocycles. The van der Waals surface area contributed by atoms with Crippen LogP contribution >= 0.6 is 12.6 Å². The highest BCUT2D eigenvalue weighted by atomic mass is 32.1. The van der Waals surface area contributed by atoms with Crippen molar-refractivity contribution in [3.63, 3.8) is 0 Å². The molecule has 1 aromatic carbocycles. The molecule has 0 atom stereocenters. The van der Waals surface area contributed by atoms with Gasteiger partial charge in [-0.3, -0.25) is 5.41 Å². The van der Waals surface area contributed by atoms with Crippen LogP contribution in [0.2, 0.25) is 0 Å². The summed E-state index contributed by atoms with van der Waals surface area (Å²) in [5.41, 5.74) is 13.2. The second-order valence-corrected chi connectivity index (χ2v) is 4.11. The second kappa shape index (κ2) is 5.78. The zero-order valence-electron chi connectivity index (χ0n) is 8.66. The predicted octanol–water partition coefficient (Wildman–Crippen LogP) is 1.69. The first-order valence-electron chi connectivity index (χ1n) is 4.96. The Morgan fingerprint density at radius 3 is 2.53 bits per heavy atom. The summed E-state index contributed by atoms with van der Waals surface area (Å²) in [6.45, 7) is 0.536. The fourth-order valence-electron chi connectivity index (χ4n) is 1.49. The quantitative estimate of drug-likeness (QED) is 0.348.